The molecule has 0 unspecified atom stereocenters. The van der Waals surface area contributed by atoms with Crippen LogP contribution in [-0.4, -0.2) is 30.9 Å². The van der Waals surface area contributed by atoms with E-state index in [-0.39, 0.29) is 11.8 Å². The van der Waals surface area contributed by atoms with Gasteiger partial charge in [0, 0.05) is 6.54 Å². The van der Waals surface area contributed by atoms with Gasteiger partial charge in [0.05, 0.1) is 18.7 Å². The number of hydrogen-bond donors (Lipinski definition) is 1. The molecule has 0 saturated carbocycles. The summed E-state index contributed by atoms with van der Waals surface area (Å²) in [6.45, 7) is 2.46. The van der Waals surface area contributed by atoms with Crippen LogP contribution in [0.4, 0.5) is 0 Å². The van der Waals surface area contributed by atoms with E-state index < -0.39 is 0 Å². The molecule has 0 aromatic carbocycles. The summed E-state index contributed by atoms with van der Waals surface area (Å²) in [4.78, 5) is 14.1. The second-order valence-electron chi connectivity index (χ2n) is 4.40. The van der Waals surface area contributed by atoms with Crippen LogP contribution in [0.5, 0.6) is 0 Å². The normalized spacial score (nSPS) is 21.9. The molecule has 1 amide bonds. The number of nitrogens with zero attached hydrogens (tertiary/aromatic N) is 1. The predicted octanol–water partition coefficient (Wildman–Crippen LogP) is 1.24. The van der Waals surface area contributed by atoms with Gasteiger partial charge in [-0.15, -0.1) is 0 Å². The lowest BCUT2D eigenvalue weighted by Crippen LogP contribution is -2.41. The largest absolute Gasteiger partial charge is 0.467 e. The first kappa shape index (κ1) is 11.2. The van der Waals surface area contributed by atoms with Crippen molar-refractivity contribution in [1.82, 2.24) is 10.2 Å². The van der Waals surface area contributed by atoms with Gasteiger partial charge in [-0.1, -0.05) is 0 Å². The number of carbonyl (C=O) groups is 1. The molecular weight excluding hydrogens is 204 g/mol. The first-order valence-electron chi connectivity index (χ1n) is 5.74. The monoisotopic (exact) mass is 222 g/mol. The van der Waals surface area contributed by atoms with Gasteiger partial charge in [-0.3, -0.25) is 4.79 Å². The summed E-state index contributed by atoms with van der Waals surface area (Å²) in [5.41, 5.74) is 0. The molecule has 1 aliphatic rings. The highest BCUT2D eigenvalue weighted by Crippen LogP contribution is 2.15. The Kier molecular flexibility index (Phi) is 3.62. The van der Waals surface area contributed by atoms with Crippen LogP contribution in [0.25, 0.3) is 0 Å². The molecule has 1 atom stereocenters. The SMILES string of the molecule is CN1CCC[C@H](C(=O)NCc2ccco2)C1. The molecule has 1 saturated heterocycles. The number of piperidine rings is 1. The Morgan fingerprint density at radius 2 is 2.56 bits per heavy atom. The summed E-state index contributed by atoms with van der Waals surface area (Å²) in [6.07, 6.45) is 3.72. The predicted molar refractivity (Wildman–Crippen MR) is 60.8 cm³/mol. The number of furan rings is 1. The molecular formula is C12H18N2O2. The van der Waals surface area contributed by atoms with E-state index >= 15 is 0 Å². The van der Waals surface area contributed by atoms with Gasteiger partial charge in [-0.25, -0.2) is 0 Å². The third-order valence-electron chi connectivity index (χ3n) is 3.01. The van der Waals surface area contributed by atoms with Crippen molar-refractivity contribution in [2.75, 3.05) is 20.1 Å². The summed E-state index contributed by atoms with van der Waals surface area (Å²) in [5.74, 6) is 1.08. The number of amides is 1. The number of rotatable bonds is 3. The van der Waals surface area contributed by atoms with Crippen molar-refractivity contribution in [3.63, 3.8) is 0 Å². The molecule has 4 heteroatoms. The minimum atomic E-state index is 0.133. The van der Waals surface area contributed by atoms with Crippen molar-refractivity contribution in [2.24, 2.45) is 5.92 Å². The molecule has 1 fully saturated rings. The van der Waals surface area contributed by atoms with Crippen molar-refractivity contribution in [3.8, 4) is 0 Å². The Morgan fingerprint density at radius 1 is 1.69 bits per heavy atom. The number of hydrogen-bond acceptors (Lipinski definition) is 3. The van der Waals surface area contributed by atoms with Gasteiger partial charge in [0.25, 0.3) is 0 Å². The second kappa shape index (κ2) is 5.16. The fourth-order valence-electron chi connectivity index (χ4n) is 2.11. The van der Waals surface area contributed by atoms with Crippen molar-refractivity contribution >= 4 is 5.91 Å². The molecule has 4 nitrogen and oxygen atoms in total. The summed E-state index contributed by atoms with van der Waals surface area (Å²) < 4.78 is 5.17. The summed E-state index contributed by atoms with van der Waals surface area (Å²) in [5, 5.41) is 2.92. The molecule has 1 aromatic rings. The van der Waals surface area contributed by atoms with E-state index in [2.05, 4.69) is 17.3 Å². The van der Waals surface area contributed by atoms with Crippen molar-refractivity contribution in [1.29, 1.82) is 0 Å². The minimum Gasteiger partial charge on any atom is -0.467 e. The standard InChI is InChI=1S/C12H18N2O2/c1-14-6-2-4-10(9-14)12(15)13-8-11-5-3-7-16-11/h3,5,7,10H,2,4,6,8-9H2,1H3,(H,13,15)/t10-/m0/s1. The van der Waals surface area contributed by atoms with Gasteiger partial charge >= 0.3 is 0 Å². The maximum absolute atomic E-state index is 11.9. The third kappa shape index (κ3) is 2.85. The van der Waals surface area contributed by atoms with E-state index in [1.54, 1.807) is 6.26 Å². The smallest absolute Gasteiger partial charge is 0.224 e. The summed E-state index contributed by atoms with van der Waals surface area (Å²) in [7, 11) is 2.06. The van der Waals surface area contributed by atoms with Crippen LogP contribution < -0.4 is 5.32 Å². The lowest BCUT2D eigenvalue weighted by atomic mass is 9.98. The fraction of sp³-hybridized carbons (Fsp3) is 0.583. The Bertz CT molecular complexity index is 335. The maximum Gasteiger partial charge on any atom is 0.224 e. The Balaban J connectivity index is 1.79. The topological polar surface area (TPSA) is 45.5 Å². The van der Waals surface area contributed by atoms with Crippen molar-refractivity contribution in [3.05, 3.63) is 24.2 Å². The molecule has 0 aliphatic carbocycles. The van der Waals surface area contributed by atoms with Gasteiger partial charge in [0.2, 0.25) is 5.91 Å². The molecule has 0 radical (unpaired) electrons. The molecule has 2 heterocycles. The second-order valence-corrected chi connectivity index (χ2v) is 4.40. The Hall–Kier alpha value is -1.29. The molecule has 88 valence electrons. The van der Waals surface area contributed by atoms with Crippen molar-refractivity contribution < 1.29 is 9.21 Å². The maximum atomic E-state index is 11.9. The lowest BCUT2D eigenvalue weighted by Gasteiger charge is -2.28. The van der Waals surface area contributed by atoms with Crippen LogP contribution in [0.3, 0.4) is 0 Å². The molecule has 1 aromatic heterocycles. The quantitative estimate of drug-likeness (QED) is 0.837. The highest BCUT2D eigenvalue weighted by atomic mass is 16.3. The first-order valence-corrected chi connectivity index (χ1v) is 5.74. The van der Waals surface area contributed by atoms with E-state index in [0.29, 0.717) is 6.54 Å². The molecule has 0 spiro atoms. The van der Waals surface area contributed by atoms with Gasteiger partial charge in [-0.05, 0) is 38.6 Å². The van der Waals surface area contributed by atoms with Gasteiger partial charge < -0.3 is 14.6 Å². The Morgan fingerprint density at radius 3 is 3.25 bits per heavy atom. The highest BCUT2D eigenvalue weighted by molar-refractivity contribution is 5.78. The molecule has 16 heavy (non-hydrogen) atoms. The van der Waals surface area contributed by atoms with Crippen LogP contribution in [0.2, 0.25) is 0 Å². The number of nitrogens with one attached hydrogen (secondary N) is 1. The van der Waals surface area contributed by atoms with Crippen LogP contribution in [0.1, 0.15) is 18.6 Å². The van der Waals surface area contributed by atoms with Gasteiger partial charge in [-0.2, -0.15) is 0 Å². The Labute approximate surface area is 95.6 Å². The molecule has 2 rings (SSSR count). The number of carbonyl (C=O) groups excluding carboxylic acids is 1. The average molecular weight is 222 g/mol. The first-order chi connectivity index (χ1) is 7.75. The zero-order chi connectivity index (χ0) is 11.4. The average Bonchev–Trinajstić information content (AvgIpc) is 2.78. The van der Waals surface area contributed by atoms with E-state index in [0.717, 1.165) is 31.7 Å². The van der Waals surface area contributed by atoms with E-state index in [9.17, 15) is 4.79 Å². The van der Waals surface area contributed by atoms with Crippen LogP contribution in [0.15, 0.2) is 22.8 Å². The number of likely N-dealkylation sites (tertiary alicyclic amines) is 1. The molecule has 0 bridgehead atoms. The van der Waals surface area contributed by atoms with E-state index in [4.69, 9.17) is 4.42 Å². The fourth-order valence-corrected chi connectivity index (χ4v) is 2.11. The molecule has 1 aliphatic heterocycles. The molecule has 1 N–H and O–H groups in total. The summed E-state index contributed by atoms with van der Waals surface area (Å²) >= 11 is 0. The third-order valence-corrected chi connectivity index (χ3v) is 3.01. The zero-order valence-electron chi connectivity index (χ0n) is 9.61. The zero-order valence-corrected chi connectivity index (χ0v) is 9.61. The van der Waals surface area contributed by atoms with Crippen molar-refractivity contribution in [2.45, 2.75) is 19.4 Å². The van der Waals surface area contributed by atoms with E-state index in [1.807, 2.05) is 12.1 Å². The highest BCUT2D eigenvalue weighted by Gasteiger charge is 2.23. The van der Waals surface area contributed by atoms with Gasteiger partial charge in [0.15, 0.2) is 0 Å². The van der Waals surface area contributed by atoms with Crippen LogP contribution in [-0.2, 0) is 11.3 Å². The van der Waals surface area contributed by atoms with Gasteiger partial charge in [0.1, 0.15) is 5.76 Å². The van der Waals surface area contributed by atoms with Crippen LogP contribution in [0, 0.1) is 5.92 Å². The lowest BCUT2D eigenvalue weighted by molar-refractivity contribution is -0.126. The minimum absolute atomic E-state index is 0.133. The van der Waals surface area contributed by atoms with E-state index in [1.165, 1.54) is 0 Å². The van der Waals surface area contributed by atoms with Crippen LogP contribution >= 0.6 is 0 Å². The summed E-state index contributed by atoms with van der Waals surface area (Å²) in [6, 6.07) is 3.70.